The van der Waals surface area contributed by atoms with Crippen LogP contribution in [0.1, 0.15) is 15.9 Å². The summed E-state index contributed by atoms with van der Waals surface area (Å²) in [7, 11) is 0. The van der Waals surface area contributed by atoms with E-state index >= 15 is 0 Å². The zero-order valence-electron chi connectivity index (χ0n) is 12.1. The summed E-state index contributed by atoms with van der Waals surface area (Å²) < 4.78 is 0.701. The maximum atomic E-state index is 12.3. The molecule has 0 spiro atoms. The van der Waals surface area contributed by atoms with Gasteiger partial charge in [-0.15, -0.1) is 0 Å². The molecule has 0 aromatic heterocycles. The molecule has 2 aromatic carbocycles. The molecule has 24 heavy (non-hydrogen) atoms. The average Bonchev–Trinajstić information content (AvgIpc) is 2.49. The van der Waals surface area contributed by atoms with E-state index in [-0.39, 0.29) is 21.8 Å². The molecule has 1 amide bonds. The molecule has 0 fully saturated rings. The number of amides is 1. The van der Waals surface area contributed by atoms with Crippen LogP contribution >= 0.6 is 27.5 Å². The molecule has 0 saturated heterocycles. The Hall–Kier alpha value is -2.52. The molecular formula is C14H9BrClN3O5. The summed E-state index contributed by atoms with van der Waals surface area (Å²) in [6.45, 7) is 1.25. The Labute approximate surface area is 148 Å². The van der Waals surface area contributed by atoms with E-state index in [0.717, 1.165) is 12.1 Å². The van der Waals surface area contributed by atoms with E-state index in [9.17, 15) is 25.0 Å². The van der Waals surface area contributed by atoms with E-state index in [1.807, 2.05) is 0 Å². The number of nitrogens with one attached hydrogen (secondary N) is 1. The third-order valence-electron chi connectivity index (χ3n) is 3.19. The molecule has 0 aliphatic carbocycles. The van der Waals surface area contributed by atoms with Crippen molar-refractivity contribution in [3.05, 3.63) is 71.2 Å². The van der Waals surface area contributed by atoms with Crippen LogP contribution < -0.4 is 5.32 Å². The van der Waals surface area contributed by atoms with Gasteiger partial charge in [-0.2, -0.15) is 0 Å². The Morgan fingerprint density at radius 2 is 1.67 bits per heavy atom. The van der Waals surface area contributed by atoms with Crippen LogP contribution in [-0.4, -0.2) is 15.8 Å². The van der Waals surface area contributed by atoms with Crippen molar-refractivity contribution in [2.75, 3.05) is 5.32 Å². The molecule has 10 heteroatoms. The second kappa shape index (κ2) is 6.93. The van der Waals surface area contributed by atoms with Crippen LogP contribution in [0, 0.1) is 27.2 Å². The summed E-state index contributed by atoms with van der Waals surface area (Å²) in [4.78, 5) is 32.8. The lowest BCUT2D eigenvalue weighted by molar-refractivity contribution is -0.395. The Kier molecular flexibility index (Phi) is 5.15. The van der Waals surface area contributed by atoms with Crippen molar-refractivity contribution in [1.29, 1.82) is 0 Å². The van der Waals surface area contributed by atoms with Crippen LogP contribution in [0.25, 0.3) is 0 Å². The minimum atomic E-state index is -0.772. The lowest BCUT2D eigenvalue weighted by Gasteiger charge is -2.08. The lowest BCUT2D eigenvalue weighted by atomic mass is 10.1. The molecular weight excluding hydrogens is 406 g/mol. The average molecular weight is 415 g/mol. The number of rotatable bonds is 4. The fourth-order valence-corrected chi connectivity index (χ4v) is 2.70. The number of halogens is 2. The maximum Gasteiger partial charge on any atom is 0.279 e. The summed E-state index contributed by atoms with van der Waals surface area (Å²) in [6.07, 6.45) is 0. The van der Waals surface area contributed by atoms with Crippen LogP contribution in [0.3, 0.4) is 0 Å². The lowest BCUT2D eigenvalue weighted by Crippen LogP contribution is -2.13. The third-order valence-corrected chi connectivity index (χ3v) is 3.99. The molecule has 0 bridgehead atoms. The monoisotopic (exact) mass is 413 g/mol. The van der Waals surface area contributed by atoms with Gasteiger partial charge >= 0.3 is 0 Å². The van der Waals surface area contributed by atoms with E-state index < -0.39 is 27.1 Å². The molecule has 0 unspecified atom stereocenters. The summed E-state index contributed by atoms with van der Waals surface area (Å²) in [5.74, 6) is -0.745. The SMILES string of the molecule is Cc1c([N+](=O)[O-])cc(C(=O)Nc2ccc(Br)cc2Cl)cc1[N+](=O)[O-]. The first-order valence-corrected chi connectivity index (χ1v) is 7.57. The van der Waals surface area contributed by atoms with E-state index in [1.165, 1.54) is 13.0 Å². The van der Waals surface area contributed by atoms with Crippen molar-refractivity contribution >= 4 is 50.5 Å². The van der Waals surface area contributed by atoms with Crippen LogP contribution in [0.4, 0.5) is 17.1 Å². The van der Waals surface area contributed by atoms with Crippen molar-refractivity contribution in [1.82, 2.24) is 0 Å². The van der Waals surface area contributed by atoms with Crippen LogP contribution in [0.15, 0.2) is 34.8 Å². The molecule has 0 saturated carbocycles. The Balaban J connectivity index is 2.45. The zero-order chi connectivity index (χ0) is 18.0. The number of carbonyl (C=O) groups is 1. The van der Waals surface area contributed by atoms with Gasteiger partial charge in [0.05, 0.1) is 26.1 Å². The number of nitro benzene ring substituents is 2. The molecule has 124 valence electrons. The van der Waals surface area contributed by atoms with Gasteiger partial charge in [0.15, 0.2) is 0 Å². The zero-order valence-corrected chi connectivity index (χ0v) is 14.4. The van der Waals surface area contributed by atoms with Crippen molar-refractivity contribution in [2.45, 2.75) is 6.92 Å². The van der Waals surface area contributed by atoms with E-state index in [0.29, 0.717) is 4.47 Å². The largest absolute Gasteiger partial charge is 0.321 e. The molecule has 0 aliphatic heterocycles. The molecule has 2 aromatic rings. The van der Waals surface area contributed by atoms with E-state index in [2.05, 4.69) is 21.2 Å². The van der Waals surface area contributed by atoms with E-state index in [1.54, 1.807) is 12.1 Å². The van der Waals surface area contributed by atoms with Gasteiger partial charge in [-0.25, -0.2) is 0 Å². The van der Waals surface area contributed by atoms with Gasteiger partial charge in [-0.3, -0.25) is 25.0 Å². The van der Waals surface area contributed by atoms with Crippen molar-refractivity contribution in [3.8, 4) is 0 Å². The smallest absolute Gasteiger partial charge is 0.279 e. The first-order valence-electron chi connectivity index (χ1n) is 6.40. The highest BCUT2D eigenvalue weighted by atomic mass is 79.9. The summed E-state index contributed by atoms with van der Waals surface area (Å²) >= 11 is 9.21. The number of hydrogen-bond acceptors (Lipinski definition) is 5. The predicted octanol–water partition coefficient (Wildman–Crippen LogP) is 4.48. The predicted molar refractivity (Wildman–Crippen MR) is 91.6 cm³/mol. The van der Waals surface area contributed by atoms with Crippen LogP contribution in [0.2, 0.25) is 5.02 Å². The van der Waals surface area contributed by atoms with Gasteiger partial charge in [0, 0.05) is 16.6 Å². The van der Waals surface area contributed by atoms with Gasteiger partial charge < -0.3 is 5.32 Å². The minimum absolute atomic E-state index is 0.122. The Morgan fingerprint density at radius 3 is 2.12 bits per heavy atom. The molecule has 1 N–H and O–H groups in total. The maximum absolute atomic E-state index is 12.3. The fraction of sp³-hybridized carbons (Fsp3) is 0.0714. The molecule has 0 heterocycles. The Morgan fingerprint density at radius 1 is 1.12 bits per heavy atom. The van der Waals surface area contributed by atoms with Crippen molar-refractivity contribution in [3.63, 3.8) is 0 Å². The van der Waals surface area contributed by atoms with Crippen LogP contribution in [-0.2, 0) is 0 Å². The quantitative estimate of drug-likeness (QED) is 0.585. The highest BCUT2D eigenvalue weighted by Gasteiger charge is 2.25. The standard InChI is InChI=1S/C14H9BrClN3O5/c1-7-12(18(21)22)4-8(5-13(7)19(23)24)14(20)17-11-3-2-9(15)6-10(11)16/h2-6H,1H3,(H,17,20). The van der Waals surface area contributed by atoms with Gasteiger partial charge in [0.25, 0.3) is 17.3 Å². The van der Waals surface area contributed by atoms with Crippen molar-refractivity contribution in [2.24, 2.45) is 0 Å². The topological polar surface area (TPSA) is 115 Å². The van der Waals surface area contributed by atoms with Gasteiger partial charge in [-0.1, -0.05) is 27.5 Å². The first-order chi connectivity index (χ1) is 11.2. The van der Waals surface area contributed by atoms with Crippen molar-refractivity contribution < 1.29 is 14.6 Å². The Bertz CT molecular complexity index is 836. The number of nitrogens with zero attached hydrogens (tertiary/aromatic N) is 2. The number of nitro groups is 2. The molecule has 0 atom stereocenters. The third kappa shape index (κ3) is 3.69. The first kappa shape index (κ1) is 17.8. The highest BCUT2D eigenvalue weighted by Crippen LogP contribution is 2.31. The normalized spacial score (nSPS) is 10.3. The summed E-state index contributed by atoms with van der Waals surface area (Å²) in [5.41, 5.74) is -1.07. The summed E-state index contributed by atoms with van der Waals surface area (Å²) in [6, 6.07) is 6.70. The molecule has 2 rings (SSSR count). The van der Waals surface area contributed by atoms with E-state index in [4.69, 9.17) is 11.6 Å². The number of anilines is 1. The molecule has 8 nitrogen and oxygen atoms in total. The summed E-state index contributed by atoms with van der Waals surface area (Å²) in [5, 5.41) is 24.8. The van der Waals surface area contributed by atoms with Gasteiger partial charge in [0.2, 0.25) is 0 Å². The van der Waals surface area contributed by atoms with Crippen LogP contribution in [0.5, 0.6) is 0 Å². The highest BCUT2D eigenvalue weighted by molar-refractivity contribution is 9.10. The van der Waals surface area contributed by atoms with Gasteiger partial charge in [0.1, 0.15) is 5.56 Å². The van der Waals surface area contributed by atoms with Gasteiger partial charge in [-0.05, 0) is 25.1 Å². The second-order valence-corrected chi connectivity index (χ2v) is 6.05. The number of benzene rings is 2. The second-order valence-electron chi connectivity index (χ2n) is 4.73. The molecule has 0 aliphatic rings. The number of carbonyl (C=O) groups excluding carboxylic acids is 1. The number of hydrogen-bond donors (Lipinski definition) is 1. The molecule has 0 radical (unpaired) electrons. The minimum Gasteiger partial charge on any atom is -0.321 e. The fourth-order valence-electron chi connectivity index (χ4n) is 1.98.